The molecular formula is C14H19NO2. The van der Waals surface area contributed by atoms with Gasteiger partial charge >= 0.3 is 0 Å². The van der Waals surface area contributed by atoms with Crippen molar-refractivity contribution in [2.24, 2.45) is 11.8 Å². The maximum atomic E-state index is 11.6. The van der Waals surface area contributed by atoms with E-state index in [1.165, 1.54) is 11.1 Å². The van der Waals surface area contributed by atoms with E-state index in [2.05, 4.69) is 31.3 Å². The number of imide groups is 1. The molecule has 3 nitrogen and oxygen atoms in total. The highest BCUT2D eigenvalue weighted by molar-refractivity contribution is 6.05. The molecule has 1 aliphatic heterocycles. The summed E-state index contributed by atoms with van der Waals surface area (Å²) in [4.78, 5) is 23.0. The number of fused-ring (bicyclic) bond motifs is 1. The lowest BCUT2D eigenvalue weighted by atomic mass is 9.78. The second kappa shape index (κ2) is 4.86. The van der Waals surface area contributed by atoms with Gasteiger partial charge in [0, 0.05) is 0 Å². The van der Waals surface area contributed by atoms with Crippen LogP contribution in [0.5, 0.6) is 0 Å². The second-order valence-corrected chi connectivity index (χ2v) is 5.19. The summed E-state index contributed by atoms with van der Waals surface area (Å²) >= 11 is 0. The molecule has 3 heteroatoms. The Morgan fingerprint density at radius 2 is 2.00 bits per heavy atom. The summed E-state index contributed by atoms with van der Waals surface area (Å²) in [5.74, 6) is -0.312. The molecule has 1 aliphatic carbocycles. The van der Waals surface area contributed by atoms with Crippen molar-refractivity contribution in [1.29, 1.82) is 0 Å². The number of rotatable bonds is 2. The van der Waals surface area contributed by atoms with Crippen molar-refractivity contribution in [1.82, 2.24) is 5.32 Å². The molecular weight excluding hydrogens is 214 g/mol. The summed E-state index contributed by atoms with van der Waals surface area (Å²) in [5.41, 5.74) is 2.64. The number of hydrogen-bond acceptors (Lipinski definition) is 2. The van der Waals surface area contributed by atoms with Gasteiger partial charge in [-0.25, -0.2) is 0 Å². The van der Waals surface area contributed by atoms with Crippen LogP contribution in [0.4, 0.5) is 0 Å². The van der Waals surface area contributed by atoms with Gasteiger partial charge in [-0.05, 0) is 39.5 Å². The maximum Gasteiger partial charge on any atom is 0.230 e. The summed E-state index contributed by atoms with van der Waals surface area (Å²) in [6.45, 7) is 4.16. The highest BCUT2D eigenvalue weighted by atomic mass is 16.2. The average molecular weight is 233 g/mol. The Bertz CT molecular complexity index is 402. The Hall–Kier alpha value is -1.38. The lowest BCUT2D eigenvalue weighted by molar-refractivity contribution is -0.126. The highest BCUT2D eigenvalue weighted by Gasteiger charge is 2.43. The molecule has 2 rings (SSSR count). The van der Waals surface area contributed by atoms with E-state index in [-0.39, 0.29) is 23.7 Å². The fraction of sp³-hybridized carbons (Fsp3) is 0.571. The van der Waals surface area contributed by atoms with E-state index in [1.54, 1.807) is 0 Å². The Morgan fingerprint density at radius 1 is 1.29 bits per heavy atom. The third-order valence-corrected chi connectivity index (χ3v) is 3.60. The molecule has 1 saturated heterocycles. The number of amides is 2. The number of carbonyl (C=O) groups excluding carboxylic acids is 2. The predicted octanol–water partition coefficient (Wildman–Crippen LogP) is 2.34. The monoisotopic (exact) mass is 233 g/mol. The second-order valence-electron chi connectivity index (χ2n) is 5.19. The third kappa shape index (κ3) is 2.65. The fourth-order valence-corrected chi connectivity index (χ4v) is 2.61. The zero-order chi connectivity index (χ0) is 12.4. The van der Waals surface area contributed by atoms with Crippen LogP contribution in [-0.2, 0) is 9.59 Å². The van der Waals surface area contributed by atoms with Gasteiger partial charge in [0.05, 0.1) is 11.8 Å². The van der Waals surface area contributed by atoms with Gasteiger partial charge in [0.15, 0.2) is 0 Å². The minimum Gasteiger partial charge on any atom is -0.296 e. The molecule has 2 fully saturated rings. The normalized spacial score (nSPS) is 30.1. The summed E-state index contributed by atoms with van der Waals surface area (Å²) < 4.78 is 0. The first-order valence-electron chi connectivity index (χ1n) is 6.24. The van der Waals surface area contributed by atoms with E-state index in [1.807, 2.05) is 0 Å². The van der Waals surface area contributed by atoms with Gasteiger partial charge in [0.1, 0.15) is 0 Å². The van der Waals surface area contributed by atoms with Crippen LogP contribution in [0.1, 0.15) is 39.5 Å². The molecule has 0 spiro atoms. The number of carbonyl (C=O) groups is 2. The van der Waals surface area contributed by atoms with Gasteiger partial charge in [-0.3, -0.25) is 14.9 Å². The minimum absolute atomic E-state index is 0.0663. The van der Waals surface area contributed by atoms with Gasteiger partial charge in [-0.15, -0.1) is 0 Å². The van der Waals surface area contributed by atoms with Crippen molar-refractivity contribution in [2.75, 3.05) is 0 Å². The quantitative estimate of drug-likeness (QED) is 0.588. The van der Waals surface area contributed by atoms with Crippen molar-refractivity contribution in [3.05, 3.63) is 23.3 Å². The van der Waals surface area contributed by atoms with Crippen molar-refractivity contribution in [3.63, 3.8) is 0 Å². The van der Waals surface area contributed by atoms with Gasteiger partial charge in [-0.2, -0.15) is 0 Å². The first kappa shape index (κ1) is 12.1. The number of allylic oxidation sites excluding steroid dienone is 4. The SMILES string of the molecule is CC(C)=CC/C=C1/CC[C@@H]2C(=O)NC(=O)[C@@H]2C1. The fourth-order valence-electron chi connectivity index (χ4n) is 2.61. The Labute approximate surface area is 102 Å². The summed E-state index contributed by atoms with van der Waals surface area (Å²) in [6.07, 6.45) is 7.86. The summed E-state index contributed by atoms with van der Waals surface area (Å²) in [5, 5.41) is 2.44. The zero-order valence-electron chi connectivity index (χ0n) is 10.5. The van der Waals surface area contributed by atoms with Crippen LogP contribution >= 0.6 is 0 Å². The lowest BCUT2D eigenvalue weighted by Gasteiger charge is -2.23. The molecule has 2 aliphatic rings. The van der Waals surface area contributed by atoms with Gasteiger partial charge in [-0.1, -0.05) is 23.3 Å². The highest BCUT2D eigenvalue weighted by Crippen LogP contribution is 2.37. The molecule has 0 radical (unpaired) electrons. The standard InChI is InChI=1S/C14H19NO2/c1-9(2)4-3-5-10-6-7-11-12(8-10)14(17)15-13(11)16/h4-5,11-12H,3,6-8H2,1-2H3,(H,15,16,17)/b10-5-/t11-,12+/m0/s1. The Morgan fingerprint density at radius 3 is 2.71 bits per heavy atom. The van der Waals surface area contributed by atoms with E-state index >= 15 is 0 Å². The van der Waals surface area contributed by atoms with Crippen LogP contribution in [0.15, 0.2) is 23.3 Å². The Kier molecular flexibility index (Phi) is 3.46. The molecule has 1 N–H and O–H groups in total. The van der Waals surface area contributed by atoms with Gasteiger partial charge in [0.25, 0.3) is 0 Å². The smallest absolute Gasteiger partial charge is 0.230 e. The van der Waals surface area contributed by atoms with Gasteiger partial charge in [0.2, 0.25) is 11.8 Å². The lowest BCUT2D eigenvalue weighted by Crippen LogP contribution is -2.23. The van der Waals surface area contributed by atoms with E-state index in [9.17, 15) is 9.59 Å². The van der Waals surface area contributed by atoms with Crippen LogP contribution < -0.4 is 5.32 Å². The molecule has 0 bridgehead atoms. The largest absolute Gasteiger partial charge is 0.296 e. The summed E-state index contributed by atoms with van der Waals surface area (Å²) in [6, 6.07) is 0. The van der Waals surface area contributed by atoms with E-state index < -0.39 is 0 Å². The van der Waals surface area contributed by atoms with Crippen LogP contribution in [0.3, 0.4) is 0 Å². The van der Waals surface area contributed by atoms with Crippen molar-refractivity contribution >= 4 is 11.8 Å². The number of hydrogen-bond donors (Lipinski definition) is 1. The predicted molar refractivity (Wildman–Crippen MR) is 66.1 cm³/mol. The van der Waals surface area contributed by atoms with Crippen LogP contribution in [0, 0.1) is 11.8 Å². The maximum absolute atomic E-state index is 11.6. The molecule has 2 amide bonds. The first-order valence-corrected chi connectivity index (χ1v) is 6.24. The van der Waals surface area contributed by atoms with Gasteiger partial charge < -0.3 is 0 Å². The minimum atomic E-state index is -0.103. The molecule has 92 valence electrons. The van der Waals surface area contributed by atoms with Crippen molar-refractivity contribution in [3.8, 4) is 0 Å². The Balaban J connectivity index is 2.00. The first-order chi connectivity index (χ1) is 8.08. The molecule has 1 saturated carbocycles. The van der Waals surface area contributed by atoms with Crippen LogP contribution in [-0.4, -0.2) is 11.8 Å². The van der Waals surface area contributed by atoms with Crippen molar-refractivity contribution in [2.45, 2.75) is 39.5 Å². The number of nitrogens with one attached hydrogen (secondary N) is 1. The van der Waals surface area contributed by atoms with Crippen LogP contribution in [0.2, 0.25) is 0 Å². The molecule has 0 aromatic heterocycles. The third-order valence-electron chi connectivity index (χ3n) is 3.60. The molecule has 0 aromatic rings. The molecule has 17 heavy (non-hydrogen) atoms. The summed E-state index contributed by atoms with van der Waals surface area (Å²) in [7, 11) is 0. The van der Waals surface area contributed by atoms with Crippen molar-refractivity contribution < 1.29 is 9.59 Å². The zero-order valence-corrected chi connectivity index (χ0v) is 10.5. The molecule has 0 unspecified atom stereocenters. The van der Waals surface area contributed by atoms with E-state index in [0.29, 0.717) is 0 Å². The molecule has 2 atom stereocenters. The average Bonchev–Trinajstić information content (AvgIpc) is 2.54. The topological polar surface area (TPSA) is 46.2 Å². The molecule has 0 aromatic carbocycles. The van der Waals surface area contributed by atoms with Crippen LogP contribution in [0.25, 0.3) is 0 Å². The van der Waals surface area contributed by atoms with E-state index in [4.69, 9.17) is 0 Å². The molecule has 1 heterocycles. The van der Waals surface area contributed by atoms with E-state index in [0.717, 1.165) is 25.7 Å².